The van der Waals surface area contributed by atoms with Gasteiger partial charge >= 0.3 is 0 Å². The molecule has 1 aliphatic carbocycles. The molecule has 2 atom stereocenters. The second-order valence-electron chi connectivity index (χ2n) is 4.93. The second-order valence-corrected chi connectivity index (χ2v) is 4.93. The highest BCUT2D eigenvalue weighted by Gasteiger charge is 2.46. The number of rotatable bonds is 3. The Morgan fingerprint density at radius 2 is 1.75 bits per heavy atom. The number of likely N-dealkylation sites (tertiary alicyclic amines) is 1. The molecule has 1 aliphatic heterocycles. The summed E-state index contributed by atoms with van der Waals surface area (Å²) in [7, 11) is 0. The number of benzene rings is 1. The highest BCUT2D eigenvalue weighted by atomic mass is 15.3. The number of nitrogens with zero attached hydrogens (tertiary/aromatic N) is 1. The van der Waals surface area contributed by atoms with Crippen LogP contribution in [0, 0.1) is 0 Å². The van der Waals surface area contributed by atoms with E-state index in [1.54, 1.807) is 0 Å². The van der Waals surface area contributed by atoms with E-state index in [1.165, 1.54) is 31.2 Å². The quantitative estimate of drug-likeness (QED) is 0.696. The Morgan fingerprint density at radius 3 is 2.44 bits per heavy atom. The predicted octanol–water partition coefficient (Wildman–Crippen LogP) is 3.33. The first-order valence-corrected chi connectivity index (χ1v) is 6.42. The van der Waals surface area contributed by atoms with Crippen molar-refractivity contribution in [2.45, 2.75) is 37.8 Å². The van der Waals surface area contributed by atoms with Gasteiger partial charge < -0.3 is 0 Å². The molecule has 2 unspecified atom stereocenters. The van der Waals surface area contributed by atoms with Crippen LogP contribution < -0.4 is 0 Å². The Kier molecular flexibility index (Phi) is 2.79. The average molecular weight is 213 g/mol. The van der Waals surface area contributed by atoms with Crippen molar-refractivity contribution in [2.75, 3.05) is 6.54 Å². The summed E-state index contributed by atoms with van der Waals surface area (Å²) >= 11 is 0. The van der Waals surface area contributed by atoms with Gasteiger partial charge in [-0.2, -0.15) is 0 Å². The van der Waals surface area contributed by atoms with Gasteiger partial charge in [-0.3, -0.25) is 4.90 Å². The van der Waals surface area contributed by atoms with Crippen molar-refractivity contribution < 1.29 is 0 Å². The van der Waals surface area contributed by atoms with E-state index in [2.05, 4.69) is 47.4 Å². The molecule has 2 fully saturated rings. The molecule has 1 saturated heterocycles. The van der Waals surface area contributed by atoms with Crippen LogP contribution >= 0.6 is 0 Å². The Morgan fingerprint density at radius 1 is 1.06 bits per heavy atom. The third-order valence-electron chi connectivity index (χ3n) is 3.88. The molecule has 16 heavy (non-hydrogen) atoms. The van der Waals surface area contributed by atoms with Gasteiger partial charge in [0.2, 0.25) is 0 Å². The fourth-order valence-electron chi connectivity index (χ4n) is 2.96. The zero-order chi connectivity index (χ0) is 10.8. The van der Waals surface area contributed by atoms with E-state index in [9.17, 15) is 0 Å². The zero-order valence-electron chi connectivity index (χ0n) is 9.68. The van der Waals surface area contributed by atoms with Gasteiger partial charge in [-0.05, 0) is 18.4 Å². The Bertz CT molecular complexity index is 356. The van der Waals surface area contributed by atoms with E-state index in [0.29, 0.717) is 0 Å². The molecule has 0 bridgehead atoms. The minimum absolute atomic E-state index is 0.925. The van der Waals surface area contributed by atoms with Crippen LogP contribution in [0.2, 0.25) is 0 Å². The smallest absolute Gasteiger partial charge is 0.0258 e. The molecular formula is C15H19N. The second kappa shape index (κ2) is 4.42. The summed E-state index contributed by atoms with van der Waals surface area (Å²) in [6, 6.07) is 12.4. The van der Waals surface area contributed by atoms with Gasteiger partial charge in [0, 0.05) is 18.6 Å². The maximum Gasteiger partial charge on any atom is 0.0258 e. The van der Waals surface area contributed by atoms with Gasteiger partial charge in [-0.1, -0.05) is 55.3 Å². The zero-order valence-corrected chi connectivity index (χ0v) is 9.68. The molecule has 0 radical (unpaired) electrons. The minimum Gasteiger partial charge on any atom is -0.291 e. The molecule has 2 aliphatic rings. The van der Waals surface area contributed by atoms with Crippen molar-refractivity contribution in [1.82, 2.24) is 4.90 Å². The van der Waals surface area contributed by atoms with Crippen LogP contribution in [-0.2, 0) is 0 Å². The summed E-state index contributed by atoms with van der Waals surface area (Å²) in [6.45, 7) is 1.14. The fourth-order valence-corrected chi connectivity index (χ4v) is 2.96. The van der Waals surface area contributed by atoms with Crippen LogP contribution in [0.25, 0.3) is 6.08 Å². The monoisotopic (exact) mass is 213 g/mol. The summed E-state index contributed by atoms with van der Waals surface area (Å²) in [5.74, 6) is 0. The van der Waals surface area contributed by atoms with E-state index in [-0.39, 0.29) is 0 Å². The van der Waals surface area contributed by atoms with Crippen LogP contribution in [0.4, 0.5) is 0 Å². The minimum atomic E-state index is 0.925. The van der Waals surface area contributed by atoms with E-state index in [1.807, 2.05) is 0 Å². The van der Waals surface area contributed by atoms with Crippen LogP contribution in [0.1, 0.15) is 31.2 Å². The van der Waals surface area contributed by atoms with Gasteiger partial charge in [-0.15, -0.1) is 0 Å². The van der Waals surface area contributed by atoms with E-state index in [0.717, 1.165) is 18.6 Å². The lowest BCUT2D eigenvalue weighted by atomic mass is 10.0. The van der Waals surface area contributed by atoms with Crippen LogP contribution in [0.3, 0.4) is 0 Å². The lowest BCUT2D eigenvalue weighted by Crippen LogP contribution is -2.00. The molecule has 1 aromatic carbocycles. The molecule has 1 nitrogen and oxygen atoms in total. The average Bonchev–Trinajstić information content (AvgIpc) is 3.05. The van der Waals surface area contributed by atoms with Crippen molar-refractivity contribution >= 4 is 6.08 Å². The lowest BCUT2D eigenvalue weighted by Gasteiger charge is -2.02. The van der Waals surface area contributed by atoms with Crippen molar-refractivity contribution in [1.29, 1.82) is 0 Å². The standard InChI is InChI=1S/C15H19N/c1-2-7-13(8-3-1)9-6-12-16-14-10-4-5-11-15(14)16/h1-3,6-9,14-15H,4-5,10-12H2/b9-6+. The SMILES string of the molecule is C(=C\c1ccccc1)/CN1C2CCCCC21. The van der Waals surface area contributed by atoms with E-state index in [4.69, 9.17) is 0 Å². The highest BCUT2D eigenvalue weighted by Crippen LogP contribution is 2.39. The summed E-state index contributed by atoms with van der Waals surface area (Å²) in [5, 5.41) is 0. The highest BCUT2D eigenvalue weighted by molar-refractivity contribution is 5.48. The molecule has 1 heterocycles. The molecule has 1 aromatic rings. The largest absolute Gasteiger partial charge is 0.291 e. The molecular weight excluding hydrogens is 194 g/mol. The fraction of sp³-hybridized carbons (Fsp3) is 0.467. The van der Waals surface area contributed by atoms with Crippen LogP contribution in [0.5, 0.6) is 0 Å². The molecule has 0 amide bonds. The molecule has 1 heteroatoms. The maximum atomic E-state index is 2.65. The first kappa shape index (κ1) is 10.1. The molecule has 0 spiro atoms. The number of hydrogen-bond acceptors (Lipinski definition) is 1. The summed E-state index contributed by atoms with van der Waals surface area (Å²) < 4.78 is 0. The summed E-state index contributed by atoms with van der Waals surface area (Å²) in [4.78, 5) is 2.65. The van der Waals surface area contributed by atoms with Crippen molar-refractivity contribution in [3.63, 3.8) is 0 Å². The summed E-state index contributed by atoms with van der Waals surface area (Å²) in [5.41, 5.74) is 1.31. The molecule has 84 valence electrons. The van der Waals surface area contributed by atoms with Gasteiger partial charge in [0.1, 0.15) is 0 Å². The van der Waals surface area contributed by atoms with Crippen molar-refractivity contribution in [2.24, 2.45) is 0 Å². The first-order valence-electron chi connectivity index (χ1n) is 6.42. The van der Waals surface area contributed by atoms with E-state index < -0.39 is 0 Å². The first-order chi connectivity index (χ1) is 7.95. The third kappa shape index (κ3) is 2.05. The third-order valence-corrected chi connectivity index (χ3v) is 3.88. The van der Waals surface area contributed by atoms with E-state index >= 15 is 0 Å². The predicted molar refractivity (Wildman–Crippen MR) is 68.2 cm³/mol. The van der Waals surface area contributed by atoms with Gasteiger partial charge in [0.25, 0.3) is 0 Å². The van der Waals surface area contributed by atoms with Crippen LogP contribution in [0.15, 0.2) is 36.4 Å². The van der Waals surface area contributed by atoms with Crippen LogP contribution in [-0.4, -0.2) is 23.5 Å². The van der Waals surface area contributed by atoms with Crippen molar-refractivity contribution in [3.8, 4) is 0 Å². The molecule has 1 saturated carbocycles. The topological polar surface area (TPSA) is 3.01 Å². The van der Waals surface area contributed by atoms with Gasteiger partial charge in [0.15, 0.2) is 0 Å². The molecule has 3 rings (SSSR count). The molecule has 0 N–H and O–H groups in total. The summed E-state index contributed by atoms with van der Waals surface area (Å²) in [6.07, 6.45) is 10.3. The number of hydrogen-bond donors (Lipinski definition) is 0. The van der Waals surface area contributed by atoms with Gasteiger partial charge in [0.05, 0.1) is 0 Å². The Balaban J connectivity index is 1.52. The Labute approximate surface area is 97.8 Å². The normalized spacial score (nSPS) is 32.6. The maximum absolute atomic E-state index is 2.65. The number of fused-ring (bicyclic) bond motifs is 1. The lowest BCUT2D eigenvalue weighted by molar-refractivity contribution is 0.532. The van der Waals surface area contributed by atoms with Crippen molar-refractivity contribution in [3.05, 3.63) is 42.0 Å². The molecule has 0 aromatic heterocycles. The Hall–Kier alpha value is -1.08. The van der Waals surface area contributed by atoms with Gasteiger partial charge in [-0.25, -0.2) is 0 Å².